The van der Waals surface area contributed by atoms with E-state index in [1.165, 1.54) is 22.3 Å². The molecular formula is C50H39N3. The molecule has 0 fully saturated rings. The maximum absolute atomic E-state index is 10.5. The van der Waals surface area contributed by atoms with E-state index >= 15 is 0 Å². The van der Waals surface area contributed by atoms with Crippen molar-refractivity contribution in [2.24, 2.45) is 0 Å². The van der Waals surface area contributed by atoms with Crippen LogP contribution in [0.4, 0.5) is 0 Å². The highest BCUT2D eigenvalue weighted by atomic mass is 15.0. The fraction of sp³-hybridized carbons (Fsp3) is 0.120. The number of aromatic nitrogens is 1. The van der Waals surface area contributed by atoms with Crippen molar-refractivity contribution in [3.8, 4) is 62.3 Å². The average molecular weight is 682 g/mol. The molecule has 3 nitrogen and oxygen atoms in total. The molecule has 7 aromatic carbocycles. The number of unbranched alkanes of at least 4 members (excludes halogenated alkanes) is 3. The summed E-state index contributed by atoms with van der Waals surface area (Å²) >= 11 is 0. The van der Waals surface area contributed by atoms with E-state index in [0.717, 1.165) is 87.4 Å². The zero-order valence-corrected chi connectivity index (χ0v) is 29.9. The predicted molar refractivity (Wildman–Crippen MR) is 220 cm³/mol. The van der Waals surface area contributed by atoms with Crippen LogP contribution in [-0.4, -0.2) is 4.57 Å². The van der Waals surface area contributed by atoms with Crippen LogP contribution in [0.3, 0.4) is 0 Å². The van der Waals surface area contributed by atoms with Crippen LogP contribution in [0.2, 0.25) is 0 Å². The number of nitriles is 2. The lowest BCUT2D eigenvalue weighted by atomic mass is 9.97. The largest absolute Gasteiger partial charge is 0.308 e. The van der Waals surface area contributed by atoms with E-state index in [2.05, 4.69) is 157 Å². The predicted octanol–water partition coefficient (Wildman–Crippen LogP) is 13.3. The van der Waals surface area contributed by atoms with Crippen LogP contribution >= 0.6 is 0 Å². The van der Waals surface area contributed by atoms with Crippen molar-refractivity contribution in [1.29, 1.82) is 10.5 Å². The standard InChI is InChI=1S/C50H39N3/c1-2-3-4-7-16-44-29-35(33-51)30-45(34-52)50(44)53-48-27-25-42(40-21-17-38(18-22-40)36-12-8-5-9-13-36)31-46(48)47-32-43(26-28-49(47)53)41-23-19-39(20-24-41)37-14-10-6-11-15-37/h5-6,8-15,17-32H,2-4,7,16H2,1H3. The van der Waals surface area contributed by atoms with Gasteiger partial charge >= 0.3 is 0 Å². The number of hydrogen-bond donors (Lipinski definition) is 0. The zero-order valence-electron chi connectivity index (χ0n) is 29.9. The first-order valence-electron chi connectivity index (χ1n) is 18.5. The molecule has 0 aliphatic heterocycles. The lowest BCUT2D eigenvalue weighted by Gasteiger charge is -2.16. The molecule has 0 saturated carbocycles. The van der Waals surface area contributed by atoms with E-state index in [-0.39, 0.29) is 0 Å². The van der Waals surface area contributed by atoms with E-state index in [0.29, 0.717) is 11.1 Å². The van der Waals surface area contributed by atoms with Crippen LogP contribution < -0.4 is 0 Å². The number of nitrogens with zero attached hydrogens (tertiary/aromatic N) is 3. The zero-order chi connectivity index (χ0) is 36.1. The van der Waals surface area contributed by atoms with Crippen molar-refractivity contribution in [3.63, 3.8) is 0 Å². The molecule has 1 aromatic heterocycles. The highest BCUT2D eigenvalue weighted by Crippen LogP contribution is 2.40. The van der Waals surface area contributed by atoms with Gasteiger partial charge in [-0.05, 0) is 99.3 Å². The molecule has 0 N–H and O–H groups in total. The summed E-state index contributed by atoms with van der Waals surface area (Å²) in [4.78, 5) is 0. The Kier molecular flexibility index (Phi) is 9.40. The van der Waals surface area contributed by atoms with Gasteiger partial charge in [-0.3, -0.25) is 0 Å². The Morgan fingerprint density at radius 3 is 1.36 bits per heavy atom. The molecule has 0 aliphatic rings. The van der Waals surface area contributed by atoms with Gasteiger partial charge in [-0.2, -0.15) is 10.5 Å². The molecule has 0 bridgehead atoms. The first-order chi connectivity index (χ1) is 26.1. The summed E-state index contributed by atoms with van der Waals surface area (Å²) in [7, 11) is 0. The molecular weight excluding hydrogens is 643 g/mol. The lowest BCUT2D eigenvalue weighted by molar-refractivity contribution is 0.666. The van der Waals surface area contributed by atoms with E-state index in [1.807, 2.05) is 18.2 Å². The number of fused-ring (bicyclic) bond motifs is 3. The third kappa shape index (κ3) is 6.62. The van der Waals surface area contributed by atoms with Crippen molar-refractivity contribution in [2.75, 3.05) is 0 Å². The van der Waals surface area contributed by atoms with Gasteiger partial charge in [0.05, 0.1) is 33.9 Å². The summed E-state index contributed by atoms with van der Waals surface area (Å²) in [6.07, 6.45) is 5.23. The Hall–Kier alpha value is -6.68. The molecule has 3 heteroatoms. The number of hydrogen-bond acceptors (Lipinski definition) is 2. The van der Waals surface area contributed by atoms with Crippen LogP contribution in [0.25, 0.3) is 72.0 Å². The molecule has 0 amide bonds. The van der Waals surface area contributed by atoms with Gasteiger partial charge in [-0.1, -0.05) is 148 Å². The van der Waals surface area contributed by atoms with Gasteiger partial charge in [0.2, 0.25) is 0 Å². The average Bonchev–Trinajstić information content (AvgIpc) is 3.55. The third-order valence-electron chi connectivity index (χ3n) is 10.4. The molecule has 0 aliphatic carbocycles. The van der Waals surface area contributed by atoms with Gasteiger partial charge in [0.25, 0.3) is 0 Å². The van der Waals surface area contributed by atoms with Crippen LogP contribution in [0.5, 0.6) is 0 Å². The summed E-state index contributed by atoms with van der Waals surface area (Å²) in [5, 5.41) is 22.7. The second-order valence-corrected chi connectivity index (χ2v) is 13.8. The van der Waals surface area contributed by atoms with Crippen molar-refractivity contribution < 1.29 is 0 Å². The molecule has 8 rings (SSSR count). The molecule has 8 aromatic rings. The van der Waals surface area contributed by atoms with Crippen LogP contribution in [0, 0.1) is 22.7 Å². The van der Waals surface area contributed by atoms with Gasteiger partial charge < -0.3 is 4.57 Å². The smallest absolute Gasteiger partial charge is 0.101 e. The van der Waals surface area contributed by atoms with Gasteiger partial charge in [0.1, 0.15) is 6.07 Å². The normalized spacial score (nSPS) is 11.1. The highest BCUT2D eigenvalue weighted by Gasteiger charge is 2.20. The summed E-state index contributed by atoms with van der Waals surface area (Å²) in [5.41, 5.74) is 14.4. The van der Waals surface area contributed by atoms with Crippen molar-refractivity contribution >= 4 is 21.8 Å². The Morgan fingerprint density at radius 1 is 0.453 bits per heavy atom. The Morgan fingerprint density at radius 2 is 0.906 bits per heavy atom. The van der Waals surface area contributed by atoms with Crippen molar-refractivity contribution in [2.45, 2.75) is 39.0 Å². The molecule has 0 atom stereocenters. The van der Waals surface area contributed by atoms with Crippen LogP contribution in [-0.2, 0) is 6.42 Å². The topological polar surface area (TPSA) is 52.5 Å². The minimum absolute atomic E-state index is 0.523. The quantitative estimate of drug-likeness (QED) is 0.135. The van der Waals surface area contributed by atoms with Crippen molar-refractivity contribution in [3.05, 3.63) is 174 Å². The van der Waals surface area contributed by atoms with E-state index in [4.69, 9.17) is 0 Å². The van der Waals surface area contributed by atoms with E-state index < -0.39 is 0 Å². The maximum atomic E-state index is 10.5. The Bertz CT molecular complexity index is 2490. The summed E-state index contributed by atoms with van der Waals surface area (Å²) < 4.78 is 2.27. The van der Waals surface area contributed by atoms with Gasteiger partial charge in [0.15, 0.2) is 0 Å². The van der Waals surface area contributed by atoms with Crippen LogP contribution in [0.1, 0.15) is 49.3 Å². The lowest BCUT2D eigenvalue weighted by Crippen LogP contribution is -2.04. The Labute approximate surface area is 311 Å². The van der Waals surface area contributed by atoms with Gasteiger partial charge in [0, 0.05) is 10.8 Å². The minimum Gasteiger partial charge on any atom is -0.308 e. The summed E-state index contributed by atoms with van der Waals surface area (Å²) in [6.45, 7) is 2.21. The van der Waals surface area contributed by atoms with E-state index in [9.17, 15) is 10.5 Å². The fourth-order valence-corrected chi connectivity index (χ4v) is 7.64. The fourth-order valence-electron chi connectivity index (χ4n) is 7.64. The molecule has 0 radical (unpaired) electrons. The molecule has 1 heterocycles. The third-order valence-corrected chi connectivity index (χ3v) is 10.4. The molecule has 0 saturated heterocycles. The number of aryl methyl sites for hydroxylation is 1. The van der Waals surface area contributed by atoms with E-state index in [1.54, 1.807) is 6.07 Å². The Balaban J connectivity index is 1.31. The molecule has 0 spiro atoms. The van der Waals surface area contributed by atoms with Gasteiger partial charge in [-0.15, -0.1) is 0 Å². The number of rotatable bonds is 10. The molecule has 254 valence electrons. The minimum atomic E-state index is 0.523. The number of benzene rings is 7. The highest BCUT2D eigenvalue weighted by molar-refractivity contribution is 6.12. The van der Waals surface area contributed by atoms with Gasteiger partial charge in [-0.25, -0.2) is 0 Å². The summed E-state index contributed by atoms with van der Waals surface area (Å²) in [5.74, 6) is 0. The summed E-state index contributed by atoms with van der Waals surface area (Å²) in [6, 6.07) is 60.4. The second kappa shape index (κ2) is 14.9. The first kappa shape index (κ1) is 33.5. The molecule has 53 heavy (non-hydrogen) atoms. The first-order valence-corrected chi connectivity index (χ1v) is 18.5. The maximum Gasteiger partial charge on any atom is 0.101 e. The monoisotopic (exact) mass is 681 g/mol. The van der Waals surface area contributed by atoms with Crippen LogP contribution in [0.15, 0.2) is 158 Å². The second-order valence-electron chi connectivity index (χ2n) is 13.8. The molecule has 0 unspecified atom stereocenters. The SMILES string of the molecule is CCCCCCc1cc(C#N)cc(C#N)c1-n1c2ccc(-c3ccc(-c4ccccc4)cc3)cc2c2cc(-c3ccc(-c4ccccc4)cc3)ccc21. The van der Waals surface area contributed by atoms with Crippen molar-refractivity contribution in [1.82, 2.24) is 4.57 Å².